The minimum atomic E-state index is -4.17. The van der Waals surface area contributed by atoms with Crippen molar-refractivity contribution in [3.8, 4) is 0 Å². The Morgan fingerprint density at radius 1 is 1.30 bits per heavy atom. The summed E-state index contributed by atoms with van der Waals surface area (Å²) in [6.07, 6.45) is 4.82. The number of hydrogen-bond donors (Lipinski definition) is 2. The van der Waals surface area contributed by atoms with Crippen molar-refractivity contribution >= 4 is 23.5 Å². The van der Waals surface area contributed by atoms with Gasteiger partial charge < -0.3 is 10.4 Å². The van der Waals surface area contributed by atoms with E-state index in [-0.39, 0.29) is 25.2 Å². The van der Waals surface area contributed by atoms with Crippen LogP contribution in [0.5, 0.6) is 0 Å². The molecule has 1 amide bonds. The molecule has 2 N–H and O–H groups in total. The molecule has 7 heteroatoms. The summed E-state index contributed by atoms with van der Waals surface area (Å²) in [5.74, 6) is -2.66. The first-order valence-electron chi connectivity index (χ1n) is 11.3. The van der Waals surface area contributed by atoms with E-state index in [9.17, 15) is 22.8 Å². The predicted molar refractivity (Wildman–Crippen MR) is 124 cm³/mol. The maximum Gasteiger partial charge on any atom is 0.392 e. The molecule has 33 heavy (non-hydrogen) atoms. The Bertz CT molecular complexity index is 945. The number of alkyl halides is 3. The summed E-state index contributed by atoms with van der Waals surface area (Å²) in [7, 11) is 0. The van der Waals surface area contributed by atoms with Gasteiger partial charge in [0.15, 0.2) is 0 Å². The Labute approximate surface area is 193 Å². The number of benzene rings is 1. The first-order valence-corrected chi connectivity index (χ1v) is 11.3. The number of amides is 1. The number of carbonyl (C=O) groups excluding carboxylic acids is 1. The first-order chi connectivity index (χ1) is 15.5. The number of aliphatic carboxylic acids is 1. The number of unbranched alkanes of at least 4 members (excludes halogenated alkanes) is 1. The summed E-state index contributed by atoms with van der Waals surface area (Å²) in [6, 6.07) is 5.07. The molecule has 0 bridgehead atoms. The second-order valence-corrected chi connectivity index (χ2v) is 8.53. The van der Waals surface area contributed by atoms with Gasteiger partial charge in [-0.2, -0.15) is 13.2 Å². The number of rotatable bonds is 9. The van der Waals surface area contributed by atoms with Gasteiger partial charge in [-0.25, -0.2) is 0 Å². The third kappa shape index (κ3) is 7.91. The third-order valence-corrected chi connectivity index (χ3v) is 5.78. The fourth-order valence-corrected chi connectivity index (χ4v) is 3.89. The van der Waals surface area contributed by atoms with Crippen LogP contribution in [0.15, 0.2) is 42.0 Å². The number of hydrogen-bond acceptors (Lipinski definition) is 2. The monoisotopic (exact) mass is 463 g/mol. The molecule has 1 aromatic rings. The Morgan fingerprint density at radius 3 is 2.61 bits per heavy atom. The molecule has 1 aromatic carbocycles. The number of halogens is 3. The van der Waals surface area contributed by atoms with Gasteiger partial charge in [-0.15, -0.1) is 0 Å². The molecule has 0 aromatic heterocycles. The van der Waals surface area contributed by atoms with Crippen LogP contribution in [0, 0.1) is 12.8 Å². The highest BCUT2D eigenvalue weighted by atomic mass is 19.4. The maximum absolute atomic E-state index is 13.0. The second-order valence-electron chi connectivity index (χ2n) is 8.53. The highest BCUT2D eigenvalue weighted by Crippen LogP contribution is 2.40. The Kier molecular flexibility index (Phi) is 9.50. The van der Waals surface area contributed by atoms with Gasteiger partial charge in [0.1, 0.15) is 0 Å². The number of carboxylic acids is 1. The number of allylic oxidation sites excluding steroid dienone is 3. The summed E-state index contributed by atoms with van der Waals surface area (Å²) < 4.78 is 39.0. The SMILES string of the molecule is CCC/C=C/C(=C\c1cccc(C2=CCC(C(F)(F)F)CC2)c1C)C(=O)N[C@H](C)CC(=O)O. The second kappa shape index (κ2) is 11.9. The maximum atomic E-state index is 13.0. The molecule has 0 aliphatic heterocycles. The van der Waals surface area contributed by atoms with Crippen molar-refractivity contribution < 1.29 is 27.9 Å². The molecule has 0 saturated carbocycles. The van der Waals surface area contributed by atoms with Gasteiger partial charge in [-0.05, 0) is 67.9 Å². The van der Waals surface area contributed by atoms with Gasteiger partial charge in [0, 0.05) is 11.6 Å². The largest absolute Gasteiger partial charge is 0.481 e. The average molecular weight is 464 g/mol. The van der Waals surface area contributed by atoms with Gasteiger partial charge in [0.2, 0.25) is 0 Å². The van der Waals surface area contributed by atoms with Crippen LogP contribution < -0.4 is 5.32 Å². The minimum absolute atomic E-state index is 0.0206. The molecule has 0 heterocycles. The molecule has 1 unspecified atom stereocenters. The van der Waals surface area contributed by atoms with Crippen molar-refractivity contribution in [2.75, 3.05) is 0 Å². The molecule has 2 atom stereocenters. The normalized spacial score (nSPS) is 18.2. The van der Waals surface area contributed by atoms with E-state index in [2.05, 4.69) is 5.32 Å². The van der Waals surface area contributed by atoms with Crippen LogP contribution in [0.3, 0.4) is 0 Å². The highest BCUT2D eigenvalue weighted by molar-refractivity contribution is 6.01. The number of carboxylic acid groups (broad SMARTS) is 1. The van der Waals surface area contributed by atoms with E-state index in [0.29, 0.717) is 12.0 Å². The Hall–Kier alpha value is -2.83. The van der Waals surface area contributed by atoms with Crippen molar-refractivity contribution in [3.05, 3.63) is 58.7 Å². The average Bonchev–Trinajstić information content (AvgIpc) is 2.73. The number of nitrogens with one attached hydrogen (secondary N) is 1. The molecule has 0 radical (unpaired) electrons. The molecular weight excluding hydrogens is 431 g/mol. The van der Waals surface area contributed by atoms with Crippen molar-refractivity contribution in [3.63, 3.8) is 0 Å². The fraction of sp³-hybridized carbons (Fsp3) is 0.462. The minimum Gasteiger partial charge on any atom is -0.481 e. The summed E-state index contributed by atoms with van der Waals surface area (Å²) in [4.78, 5) is 23.7. The van der Waals surface area contributed by atoms with Crippen LogP contribution in [-0.2, 0) is 9.59 Å². The van der Waals surface area contributed by atoms with Crippen LogP contribution >= 0.6 is 0 Å². The standard InChI is InChI=1S/C26H32F3NO3/c1-4-5-6-8-21(25(33)30-17(2)15-24(31)32)16-20-9-7-10-23(18(20)3)19-11-13-22(14-12-19)26(27,28)29/h6-11,16-17,22H,4-5,12-15H2,1-3H3,(H,30,33)(H,31,32)/b8-6+,21-16+/t17-,22?/m1/s1. The van der Waals surface area contributed by atoms with Crippen molar-refractivity contribution in [2.24, 2.45) is 5.92 Å². The third-order valence-electron chi connectivity index (χ3n) is 5.78. The van der Waals surface area contributed by atoms with Crippen LogP contribution in [0.2, 0.25) is 0 Å². The lowest BCUT2D eigenvalue weighted by molar-refractivity contribution is -0.175. The van der Waals surface area contributed by atoms with Gasteiger partial charge in [-0.3, -0.25) is 9.59 Å². The van der Waals surface area contributed by atoms with E-state index < -0.39 is 24.1 Å². The lowest BCUT2D eigenvalue weighted by Gasteiger charge is -2.25. The molecule has 1 aliphatic rings. The van der Waals surface area contributed by atoms with Crippen LogP contribution in [0.1, 0.15) is 69.1 Å². The van der Waals surface area contributed by atoms with Gasteiger partial charge >= 0.3 is 12.1 Å². The van der Waals surface area contributed by atoms with Crippen LogP contribution in [0.4, 0.5) is 13.2 Å². The lowest BCUT2D eigenvalue weighted by Crippen LogP contribution is -2.34. The van der Waals surface area contributed by atoms with E-state index in [1.807, 2.05) is 38.1 Å². The van der Waals surface area contributed by atoms with E-state index in [1.165, 1.54) is 0 Å². The highest BCUT2D eigenvalue weighted by Gasteiger charge is 2.39. The van der Waals surface area contributed by atoms with E-state index in [4.69, 9.17) is 5.11 Å². The summed E-state index contributed by atoms with van der Waals surface area (Å²) in [6.45, 7) is 5.56. The van der Waals surface area contributed by atoms with Gasteiger partial charge in [0.25, 0.3) is 5.91 Å². The lowest BCUT2D eigenvalue weighted by atomic mass is 9.84. The fourth-order valence-electron chi connectivity index (χ4n) is 3.89. The van der Waals surface area contributed by atoms with Gasteiger partial charge in [0.05, 0.1) is 12.3 Å². The zero-order valence-electron chi connectivity index (χ0n) is 19.3. The van der Waals surface area contributed by atoms with Crippen LogP contribution in [0.25, 0.3) is 11.6 Å². The molecule has 4 nitrogen and oxygen atoms in total. The molecule has 0 spiro atoms. The zero-order valence-corrected chi connectivity index (χ0v) is 19.3. The van der Waals surface area contributed by atoms with Gasteiger partial charge in [-0.1, -0.05) is 49.8 Å². The summed E-state index contributed by atoms with van der Waals surface area (Å²) in [5.41, 5.74) is 3.87. The van der Waals surface area contributed by atoms with E-state index >= 15 is 0 Å². The Balaban J connectivity index is 2.33. The zero-order chi connectivity index (χ0) is 24.6. The molecular formula is C26H32F3NO3. The van der Waals surface area contributed by atoms with Crippen molar-refractivity contribution in [1.29, 1.82) is 0 Å². The smallest absolute Gasteiger partial charge is 0.392 e. The molecule has 2 rings (SSSR count). The van der Waals surface area contributed by atoms with Crippen molar-refractivity contribution in [1.82, 2.24) is 5.32 Å². The number of carbonyl (C=O) groups is 2. The molecule has 0 saturated heterocycles. The van der Waals surface area contributed by atoms with E-state index in [0.717, 1.165) is 35.1 Å². The predicted octanol–water partition coefficient (Wildman–Crippen LogP) is 6.46. The molecule has 180 valence electrons. The van der Waals surface area contributed by atoms with Crippen molar-refractivity contribution in [2.45, 2.75) is 71.5 Å². The molecule has 1 aliphatic carbocycles. The quantitative estimate of drug-likeness (QED) is 0.326. The summed E-state index contributed by atoms with van der Waals surface area (Å²) in [5, 5.41) is 11.7. The van der Waals surface area contributed by atoms with Crippen LogP contribution in [-0.4, -0.2) is 29.2 Å². The van der Waals surface area contributed by atoms with E-state index in [1.54, 1.807) is 25.2 Å². The Morgan fingerprint density at radius 2 is 2.03 bits per heavy atom. The first kappa shape index (κ1) is 26.4. The molecule has 0 fully saturated rings. The topological polar surface area (TPSA) is 66.4 Å². The summed E-state index contributed by atoms with van der Waals surface area (Å²) >= 11 is 0.